The Morgan fingerprint density at radius 3 is 2.64 bits per heavy atom. The van der Waals surface area contributed by atoms with Gasteiger partial charge in [-0.15, -0.1) is 0 Å². The first-order chi connectivity index (χ1) is 6.69. The van der Waals surface area contributed by atoms with E-state index < -0.39 is 11.6 Å². The van der Waals surface area contributed by atoms with Crippen molar-refractivity contribution >= 4 is 0 Å². The molecule has 0 atom stereocenters. The van der Waals surface area contributed by atoms with Gasteiger partial charge in [0.25, 0.3) is 0 Å². The van der Waals surface area contributed by atoms with Crippen molar-refractivity contribution in [1.82, 2.24) is 5.32 Å². The molecule has 1 N–H and O–H groups in total. The van der Waals surface area contributed by atoms with Gasteiger partial charge in [0.2, 0.25) is 0 Å². The Morgan fingerprint density at radius 1 is 1.36 bits per heavy atom. The van der Waals surface area contributed by atoms with Crippen LogP contribution >= 0.6 is 0 Å². The van der Waals surface area contributed by atoms with Crippen molar-refractivity contribution in [1.29, 1.82) is 0 Å². The summed E-state index contributed by atoms with van der Waals surface area (Å²) in [6, 6.07) is 2.06. The molecule has 0 bridgehead atoms. The molecule has 0 spiro atoms. The van der Waals surface area contributed by atoms with Gasteiger partial charge >= 0.3 is 0 Å². The van der Waals surface area contributed by atoms with Gasteiger partial charge in [-0.25, -0.2) is 8.78 Å². The van der Waals surface area contributed by atoms with Crippen molar-refractivity contribution in [3.05, 3.63) is 29.3 Å². The molecule has 0 fully saturated rings. The molecule has 0 unspecified atom stereocenters. The van der Waals surface area contributed by atoms with Gasteiger partial charge in [-0.05, 0) is 20.0 Å². The topological polar surface area (TPSA) is 21.3 Å². The first-order valence-corrected chi connectivity index (χ1v) is 4.35. The summed E-state index contributed by atoms with van der Waals surface area (Å²) >= 11 is 0. The Hall–Kier alpha value is -1.16. The largest absolute Gasteiger partial charge is 0.496 e. The van der Waals surface area contributed by atoms with E-state index in [0.29, 0.717) is 18.5 Å². The van der Waals surface area contributed by atoms with Crippen molar-refractivity contribution in [2.75, 3.05) is 20.7 Å². The van der Waals surface area contributed by atoms with Crippen molar-refractivity contribution in [2.24, 2.45) is 0 Å². The summed E-state index contributed by atoms with van der Waals surface area (Å²) < 4.78 is 31.0. The lowest BCUT2D eigenvalue weighted by Gasteiger charge is -2.09. The number of halogens is 2. The zero-order valence-corrected chi connectivity index (χ0v) is 8.23. The summed E-state index contributed by atoms with van der Waals surface area (Å²) in [5.74, 6) is -0.914. The van der Waals surface area contributed by atoms with Crippen LogP contribution in [0.25, 0.3) is 0 Å². The van der Waals surface area contributed by atoms with Gasteiger partial charge in [0.15, 0.2) is 0 Å². The summed E-state index contributed by atoms with van der Waals surface area (Å²) in [6.45, 7) is 0.624. The highest BCUT2D eigenvalue weighted by Gasteiger charge is 2.10. The maximum atomic E-state index is 13.3. The fourth-order valence-electron chi connectivity index (χ4n) is 1.25. The van der Waals surface area contributed by atoms with Gasteiger partial charge in [-0.3, -0.25) is 0 Å². The maximum Gasteiger partial charge on any atom is 0.133 e. The van der Waals surface area contributed by atoms with E-state index in [2.05, 4.69) is 5.32 Å². The van der Waals surface area contributed by atoms with Crippen LogP contribution in [0, 0.1) is 11.6 Å². The van der Waals surface area contributed by atoms with E-state index in [1.165, 1.54) is 13.2 Å². The Labute approximate surface area is 81.9 Å². The lowest BCUT2D eigenvalue weighted by atomic mass is 10.1. The molecule has 0 aliphatic heterocycles. The van der Waals surface area contributed by atoms with Gasteiger partial charge in [0.1, 0.15) is 17.4 Å². The van der Waals surface area contributed by atoms with Crippen molar-refractivity contribution < 1.29 is 13.5 Å². The minimum absolute atomic E-state index is 0.262. The normalized spacial score (nSPS) is 10.3. The lowest BCUT2D eigenvalue weighted by molar-refractivity contribution is 0.399. The maximum absolute atomic E-state index is 13.3. The van der Waals surface area contributed by atoms with Crippen molar-refractivity contribution in [3.63, 3.8) is 0 Å². The second kappa shape index (κ2) is 4.91. The molecule has 4 heteroatoms. The number of benzene rings is 1. The molecular formula is C10H13F2NO. The van der Waals surface area contributed by atoms with Crippen LogP contribution in [0.3, 0.4) is 0 Å². The average Bonchev–Trinajstić information content (AvgIpc) is 2.15. The number of rotatable bonds is 4. The minimum atomic E-state index is -0.618. The molecule has 0 aromatic heterocycles. The summed E-state index contributed by atoms with van der Waals surface area (Å²) in [4.78, 5) is 0. The Balaban J connectivity index is 2.99. The van der Waals surface area contributed by atoms with Crippen LogP contribution < -0.4 is 10.1 Å². The lowest BCUT2D eigenvalue weighted by Crippen LogP contribution is -2.12. The third kappa shape index (κ3) is 2.42. The van der Waals surface area contributed by atoms with E-state index >= 15 is 0 Å². The predicted molar refractivity (Wildman–Crippen MR) is 50.5 cm³/mol. The third-order valence-electron chi connectivity index (χ3n) is 1.96. The Kier molecular flexibility index (Phi) is 3.83. The first-order valence-electron chi connectivity index (χ1n) is 4.35. The van der Waals surface area contributed by atoms with Crippen LogP contribution in [-0.2, 0) is 6.42 Å². The van der Waals surface area contributed by atoms with E-state index in [1.807, 2.05) is 0 Å². The van der Waals surface area contributed by atoms with Gasteiger partial charge < -0.3 is 10.1 Å². The second-order valence-corrected chi connectivity index (χ2v) is 2.92. The summed E-state index contributed by atoms with van der Waals surface area (Å²) in [7, 11) is 3.17. The van der Waals surface area contributed by atoms with Gasteiger partial charge in [-0.1, -0.05) is 0 Å². The van der Waals surface area contributed by atoms with E-state index in [0.717, 1.165) is 6.07 Å². The van der Waals surface area contributed by atoms with Crippen LogP contribution in [0.15, 0.2) is 12.1 Å². The molecule has 1 rings (SSSR count). The molecule has 14 heavy (non-hydrogen) atoms. The van der Waals surface area contributed by atoms with E-state index in [1.54, 1.807) is 7.05 Å². The quantitative estimate of drug-likeness (QED) is 0.801. The molecule has 0 radical (unpaired) electrons. The number of hydrogen-bond donors (Lipinski definition) is 1. The van der Waals surface area contributed by atoms with Crippen LogP contribution in [0.2, 0.25) is 0 Å². The molecule has 1 aromatic carbocycles. The van der Waals surface area contributed by atoms with Gasteiger partial charge in [0, 0.05) is 17.7 Å². The van der Waals surface area contributed by atoms with Crippen LogP contribution in [0.4, 0.5) is 8.78 Å². The zero-order valence-electron chi connectivity index (χ0n) is 8.23. The molecule has 1 aromatic rings. The van der Waals surface area contributed by atoms with E-state index in [-0.39, 0.29) is 5.75 Å². The standard InChI is InChI=1S/C10H13F2NO/c1-13-4-3-8-9(12)5-7(11)6-10(8)14-2/h5-6,13H,3-4H2,1-2H3. The second-order valence-electron chi connectivity index (χ2n) is 2.92. The fraction of sp³-hybridized carbons (Fsp3) is 0.400. The van der Waals surface area contributed by atoms with Crippen LogP contribution in [0.1, 0.15) is 5.56 Å². The minimum Gasteiger partial charge on any atom is -0.496 e. The fourth-order valence-corrected chi connectivity index (χ4v) is 1.25. The molecule has 0 aliphatic carbocycles. The molecule has 0 heterocycles. The highest BCUT2D eigenvalue weighted by Crippen LogP contribution is 2.23. The molecular weight excluding hydrogens is 188 g/mol. The van der Waals surface area contributed by atoms with Crippen molar-refractivity contribution in [2.45, 2.75) is 6.42 Å². The molecule has 0 amide bonds. The molecule has 0 saturated heterocycles. The van der Waals surface area contributed by atoms with Crippen molar-refractivity contribution in [3.8, 4) is 5.75 Å². The molecule has 78 valence electrons. The number of likely N-dealkylation sites (N-methyl/N-ethyl adjacent to an activating group) is 1. The van der Waals surface area contributed by atoms with Gasteiger partial charge in [-0.2, -0.15) is 0 Å². The highest BCUT2D eigenvalue weighted by atomic mass is 19.1. The molecule has 0 saturated carbocycles. The summed E-state index contributed by atoms with van der Waals surface area (Å²) in [6.07, 6.45) is 0.478. The SMILES string of the molecule is CNCCc1c(F)cc(F)cc1OC. The van der Waals surface area contributed by atoms with Crippen LogP contribution in [0.5, 0.6) is 5.75 Å². The zero-order chi connectivity index (χ0) is 10.6. The third-order valence-corrected chi connectivity index (χ3v) is 1.96. The first kappa shape index (κ1) is 10.9. The predicted octanol–water partition coefficient (Wildman–Crippen LogP) is 1.74. The number of ether oxygens (including phenoxy) is 1. The number of methoxy groups -OCH3 is 1. The Morgan fingerprint density at radius 2 is 2.07 bits per heavy atom. The monoisotopic (exact) mass is 201 g/mol. The summed E-state index contributed by atoms with van der Waals surface area (Å²) in [5.41, 5.74) is 0.406. The highest BCUT2D eigenvalue weighted by molar-refractivity contribution is 5.35. The Bertz CT molecular complexity index is 315. The van der Waals surface area contributed by atoms with Gasteiger partial charge in [0.05, 0.1) is 7.11 Å². The average molecular weight is 201 g/mol. The van der Waals surface area contributed by atoms with E-state index in [9.17, 15) is 8.78 Å². The molecule has 0 aliphatic rings. The smallest absolute Gasteiger partial charge is 0.133 e. The molecule has 2 nitrogen and oxygen atoms in total. The van der Waals surface area contributed by atoms with Crippen LogP contribution in [-0.4, -0.2) is 20.7 Å². The summed E-state index contributed by atoms with van der Waals surface area (Å²) in [5, 5.41) is 2.89. The van der Waals surface area contributed by atoms with E-state index in [4.69, 9.17) is 4.74 Å². The number of hydrogen-bond acceptors (Lipinski definition) is 2. The number of nitrogens with one attached hydrogen (secondary N) is 1.